The zero-order chi connectivity index (χ0) is 13.5. The van der Waals surface area contributed by atoms with Gasteiger partial charge in [0.25, 0.3) is 11.7 Å². The predicted octanol–water partition coefficient (Wildman–Crippen LogP) is 1.68. The lowest BCUT2D eigenvalue weighted by atomic mass is 10.4. The molecule has 0 bridgehead atoms. The van der Waals surface area contributed by atoms with Crippen molar-refractivity contribution in [3.05, 3.63) is 0 Å². The summed E-state index contributed by atoms with van der Waals surface area (Å²) >= 11 is 0. The minimum absolute atomic E-state index is 0.0785. The number of hydrogen-bond donors (Lipinski definition) is 0. The smallest absolute Gasteiger partial charge is 0.378 e. The maximum absolute atomic E-state index is 13.6. The van der Waals surface area contributed by atoms with E-state index in [4.69, 9.17) is 0 Å². The van der Waals surface area contributed by atoms with E-state index < -0.39 is 25.3 Å². The van der Waals surface area contributed by atoms with Crippen molar-refractivity contribution in [3.8, 4) is 0 Å². The van der Waals surface area contributed by atoms with Gasteiger partial charge in [-0.1, -0.05) is 0 Å². The summed E-state index contributed by atoms with van der Waals surface area (Å²) in [7, 11) is -4.26. The Morgan fingerprint density at radius 1 is 1.12 bits per heavy atom. The van der Waals surface area contributed by atoms with Crippen molar-refractivity contribution in [2.75, 3.05) is 19.8 Å². The van der Waals surface area contributed by atoms with Crippen LogP contribution in [0.5, 0.6) is 0 Å². The summed E-state index contributed by atoms with van der Waals surface area (Å²) in [4.78, 5) is 22.2. The molecule has 0 radical (unpaired) electrons. The van der Waals surface area contributed by atoms with E-state index in [2.05, 4.69) is 13.8 Å². The Kier molecular flexibility index (Phi) is 7.18. The van der Waals surface area contributed by atoms with Crippen molar-refractivity contribution in [1.82, 2.24) is 0 Å². The lowest BCUT2D eigenvalue weighted by molar-refractivity contribution is -0.154. The van der Waals surface area contributed by atoms with Gasteiger partial charge in [-0.3, -0.25) is 9.36 Å². The molecular formula is C9H16FO6P. The molecule has 0 spiro atoms. The van der Waals surface area contributed by atoms with E-state index in [1.807, 2.05) is 0 Å². The van der Waals surface area contributed by atoms with Crippen LogP contribution in [0.4, 0.5) is 4.39 Å². The number of hydrogen-bond acceptors (Lipinski definition) is 6. The van der Waals surface area contributed by atoms with Gasteiger partial charge in [-0.05, 0) is 20.8 Å². The first-order valence-corrected chi connectivity index (χ1v) is 6.77. The first kappa shape index (κ1) is 16.2. The summed E-state index contributed by atoms with van der Waals surface area (Å²) in [6, 6.07) is 0. The minimum Gasteiger partial charge on any atom is -0.460 e. The summed E-state index contributed by atoms with van der Waals surface area (Å²) in [6.45, 7) is 4.11. The van der Waals surface area contributed by atoms with Gasteiger partial charge in [-0.15, -0.1) is 0 Å². The second kappa shape index (κ2) is 7.53. The number of Topliss-reactive ketones (excluding diaryl/α,β-unsaturated/α-hetero) is 1. The lowest BCUT2D eigenvalue weighted by Crippen LogP contribution is -2.28. The number of rotatable bonds is 8. The molecule has 17 heavy (non-hydrogen) atoms. The standard InChI is InChI=1S/C9H16FO6P/c1-4-14-9(12)7(11)8(10)17(13,15-5-2)16-6-3/h8H,4-6H2,1-3H3. The highest BCUT2D eigenvalue weighted by molar-refractivity contribution is 7.55. The fourth-order valence-electron chi connectivity index (χ4n) is 0.971. The van der Waals surface area contributed by atoms with Crippen molar-refractivity contribution in [2.45, 2.75) is 26.7 Å². The van der Waals surface area contributed by atoms with Crippen LogP contribution in [0, 0.1) is 0 Å². The molecule has 6 nitrogen and oxygen atoms in total. The molecule has 8 heteroatoms. The Bertz CT molecular complexity index is 309. The molecule has 0 amide bonds. The number of ether oxygens (including phenoxy) is 1. The molecule has 0 aromatic heterocycles. The Morgan fingerprint density at radius 3 is 1.94 bits per heavy atom. The third kappa shape index (κ3) is 4.53. The largest absolute Gasteiger partial charge is 0.460 e. The molecule has 0 heterocycles. The Morgan fingerprint density at radius 2 is 1.59 bits per heavy atom. The zero-order valence-electron chi connectivity index (χ0n) is 9.97. The van der Waals surface area contributed by atoms with Gasteiger partial charge in [-0.2, -0.15) is 0 Å². The van der Waals surface area contributed by atoms with Gasteiger partial charge in [0.2, 0.25) is 0 Å². The van der Waals surface area contributed by atoms with Crippen LogP contribution in [0.2, 0.25) is 0 Å². The van der Waals surface area contributed by atoms with E-state index in [1.165, 1.54) is 20.8 Å². The maximum atomic E-state index is 13.6. The van der Waals surface area contributed by atoms with Crippen LogP contribution in [-0.4, -0.2) is 37.5 Å². The Labute approximate surface area is 99.0 Å². The summed E-state index contributed by atoms with van der Waals surface area (Å²) in [5.74, 6) is -5.60. The number of esters is 1. The fraction of sp³-hybridized carbons (Fsp3) is 0.778. The van der Waals surface area contributed by atoms with Crippen molar-refractivity contribution in [2.24, 2.45) is 0 Å². The van der Waals surface area contributed by atoms with E-state index >= 15 is 0 Å². The summed E-state index contributed by atoms with van der Waals surface area (Å²) in [5.41, 5.74) is 0. The normalized spacial score (nSPS) is 13.2. The van der Waals surface area contributed by atoms with E-state index in [1.54, 1.807) is 0 Å². The molecule has 0 fully saturated rings. The van der Waals surface area contributed by atoms with Gasteiger partial charge in [0, 0.05) is 0 Å². The second-order valence-corrected chi connectivity index (χ2v) is 4.85. The van der Waals surface area contributed by atoms with E-state index in [0.717, 1.165) is 0 Å². The quantitative estimate of drug-likeness (QED) is 0.379. The van der Waals surface area contributed by atoms with Gasteiger partial charge < -0.3 is 13.8 Å². The number of halogens is 1. The highest BCUT2D eigenvalue weighted by Crippen LogP contribution is 2.53. The van der Waals surface area contributed by atoms with Crippen LogP contribution < -0.4 is 0 Å². The lowest BCUT2D eigenvalue weighted by Gasteiger charge is -2.18. The van der Waals surface area contributed by atoms with Crippen LogP contribution >= 0.6 is 7.60 Å². The highest BCUT2D eigenvalue weighted by atomic mass is 31.2. The van der Waals surface area contributed by atoms with Crippen LogP contribution in [0.1, 0.15) is 20.8 Å². The van der Waals surface area contributed by atoms with Gasteiger partial charge >= 0.3 is 13.6 Å². The maximum Gasteiger partial charge on any atom is 0.378 e. The third-order valence-corrected chi connectivity index (χ3v) is 3.61. The van der Waals surface area contributed by atoms with Crippen molar-refractivity contribution >= 4 is 19.3 Å². The van der Waals surface area contributed by atoms with E-state index in [9.17, 15) is 18.5 Å². The topological polar surface area (TPSA) is 78.9 Å². The number of carbonyl (C=O) groups is 2. The summed E-state index contributed by atoms with van der Waals surface area (Å²) < 4.78 is 39.0. The molecule has 1 unspecified atom stereocenters. The fourth-order valence-corrected chi connectivity index (χ4v) is 2.42. The van der Waals surface area contributed by atoms with E-state index in [-0.39, 0.29) is 19.8 Å². The molecule has 0 saturated carbocycles. The van der Waals surface area contributed by atoms with Crippen LogP contribution in [0.3, 0.4) is 0 Å². The third-order valence-electron chi connectivity index (χ3n) is 1.59. The van der Waals surface area contributed by atoms with Gasteiger partial charge in [0.05, 0.1) is 19.8 Å². The van der Waals surface area contributed by atoms with Crippen LogP contribution in [-0.2, 0) is 27.9 Å². The molecule has 100 valence electrons. The van der Waals surface area contributed by atoms with Crippen LogP contribution in [0.25, 0.3) is 0 Å². The Hall–Kier alpha value is -0.780. The number of ketones is 1. The van der Waals surface area contributed by atoms with Gasteiger partial charge in [0.15, 0.2) is 0 Å². The van der Waals surface area contributed by atoms with Crippen molar-refractivity contribution < 1.29 is 32.3 Å². The first-order valence-electron chi connectivity index (χ1n) is 5.16. The molecular weight excluding hydrogens is 254 g/mol. The second-order valence-electron chi connectivity index (χ2n) is 2.80. The van der Waals surface area contributed by atoms with Crippen molar-refractivity contribution in [1.29, 1.82) is 0 Å². The van der Waals surface area contributed by atoms with Gasteiger partial charge in [-0.25, -0.2) is 9.18 Å². The minimum atomic E-state index is -4.26. The molecule has 0 aliphatic rings. The molecule has 0 aliphatic heterocycles. The summed E-state index contributed by atoms with van der Waals surface area (Å²) in [6.07, 6.45) is 0. The summed E-state index contributed by atoms with van der Waals surface area (Å²) in [5, 5.41) is 0. The average Bonchev–Trinajstić information content (AvgIpc) is 2.28. The van der Waals surface area contributed by atoms with Crippen molar-refractivity contribution in [3.63, 3.8) is 0 Å². The SMILES string of the molecule is CCOC(=O)C(=O)C(F)P(=O)(OCC)OCC. The molecule has 0 aromatic rings. The number of alkyl halides is 1. The molecule has 0 N–H and O–H groups in total. The predicted molar refractivity (Wildman–Crippen MR) is 57.4 cm³/mol. The Balaban J connectivity index is 4.83. The molecule has 0 rings (SSSR count). The van der Waals surface area contributed by atoms with Crippen LogP contribution in [0.15, 0.2) is 0 Å². The molecule has 0 aliphatic carbocycles. The number of carbonyl (C=O) groups excluding carboxylic acids is 2. The van der Waals surface area contributed by atoms with Gasteiger partial charge in [0.1, 0.15) is 0 Å². The molecule has 0 aromatic carbocycles. The monoisotopic (exact) mass is 270 g/mol. The van der Waals surface area contributed by atoms with E-state index in [0.29, 0.717) is 0 Å². The molecule has 1 atom stereocenters. The average molecular weight is 270 g/mol. The zero-order valence-corrected chi connectivity index (χ0v) is 10.9. The highest BCUT2D eigenvalue weighted by Gasteiger charge is 2.45. The first-order chi connectivity index (χ1) is 7.92. The molecule has 0 saturated heterocycles.